The number of aromatic nitrogens is 1. The van der Waals surface area contributed by atoms with Gasteiger partial charge in [-0.25, -0.2) is 4.79 Å². The number of fused-ring (bicyclic) bond motifs is 1. The molecule has 11 heteroatoms. The average Bonchev–Trinajstić information content (AvgIpc) is 3.25. The van der Waals surface area contributed by atoms with Gasteiger partial charge in [-0.05, 0) is 54.4 Å². The number of nitrogens with zero attached hydrogens (tertiary/aromatic N) is 1. The van der Waals surface area contributed by atoms with Crippen LogP contribution in [0.1, 0.15) is 33.9 Å². The van der Waals surface area contributed by atoms with Crippen LogP contribution in [-0.2, 0) is 21.6 Å². The number of carbonyl (C=O) groups excluding carboxylic acids is 1. The van der Waals surface area contributed by atoms with Gasteiger partial charge >= 0.3 is 12.1 Å². The number of amides is 1. The summed E-state index contributed by atoms with van der Waals surface area (Å²) in [6.45, 7) is 0.0127. The highest BCUT2D eigenvalue weighted by Gasteiger charge is 2.53. The van der Waals surface area contributed by atoms with Crippen LogP contribution in [-0.4, -0.2) is 21.5 Å². The zero-order valence-electron chi connectivity index (χ0n) is 17.2. The summed E-state index contributed by atoms with van der Waals surface area (Å²) in [5.74, 6) is 5.26. The van der Waals surface area contributed by atoms with Crippen molar-refractivity contribution in [1.29, 1.82) is 0 Å². The van der Waals surface area contributed by atoms with Gasteiger partial charge in [0, 0.05) is 24.9 Å². The lowest BCUT2D eigenvalue weighted by atomic mass is 10.1. The van der Waals surface area contributed by atoms with Crippen LogP contribution in [0.5, 0.6) is 0 Å². The van der Waals surface area contributed by atoms with Crippen molar-refractivity contribution >= 4 is 84.6 Å². The molecule has 0 radical (unpaired) electrons. The van der Waals surface area contributed by atoms with E-state index in [0.29, 0.717) is 39.1 Å². The van der Waals surface area contributed by atoms with Gasteiger partial charge in [-0.3, -0.25) is 10.1 Å². The first-order valence-electron chi connectivity index (χ1n) is 9.97. The molecule has 1 aromatic carbocycles. The third-order valence-electron chi connectivity index (χ3n) is 5.34. The molecule has 34 heavy (non-hydrogen) atoms. The number of aliphatic carboxylic acids is 1. The van der Waals surface area contributed by atoms with E-state index in [1.807, 2.05) is 18.2 Å². The minimum absolute atomic E-state index is 0.0127. The van der Waals surface area contributed by atoms with E-state index in [0.717, 1.165) is 30.7 Å². The Labute approximate surface area is 216 Å². The highest BCUT2D eigenvalue weighted by atomic mass is 35.5. The van der Waals surface area contributed by atoms with Crippen LogP contribution < -0.4 is 5.32 Å². The number of carboxylic acid groups (broad SMARTS) is 1. The number of anilines is 1. The van der Waals surface area contributed by atoms with E-state index in [2.05, 4.69) is 21.5 Å². The van der Waals surface area contributed by atoms with Gasteiger partial charge in [-0.1, -0.05) is 41.4 Å². The fourth-order valence-electron chi connectivity index (χ4n) is 3.31. The van der Waals surface area contributed by atoms with E-state index < -0.39 is 17.5 Å². The Morgan fingerprint density at radius 1 is 1.15 bits per heavy atom. The maximum absolute atomic E-state index is 12.3. The first-order valence-corrected chi connectivity index (χ1v) is 13.1. The van der Waals surface area contributed by atoms with Gasteiger partial charge in [0.25, 0.3) is 0 Å². The highest BCUT2D eigenvalue weighted by molar-refractivity contribution is 7.28. The second-order valence-corrected chi connectivity index (χ2v) is 11.5. The van der Waals surface area contributed by atoms with E-state index in [9.17, 15) is 14.7 Å². The molecular formula is C23H14Cl2N2O4S3. The second kappa shape index (κ2) is 9.21. The van der Waals surface area contributed by atoms with Gasteiger partial charge in [0.15, 0.2) is 5.69 Å². The lowest BCUT2D eigenvalue weighted by molar-refractivity contribution is -0.139. The summed E-state index contributed by atoms with van der Waals surface area (Å²) in [7, 11) is 0. The van der Waals surface area contributed by atoms with Crippen LogP contribution in [0.15, 0.2) is 36.4 Å². The van der Waals surface area contributed by atoms with Crippen LogP contribution in [0.25, 0.3) is 9.40 Å². The van der Waals surface area contributed by atoms with Crippen LogP contribution in [0, 0.1) is 11.8 Å². The maximum Gasteiger partial charge on any atom is 0.412 e. The average molecular weight is 549 g/mol. The van der Waals surface area contributed by atoms with Crippen LogP contribution in [0.4, 0.5) is 10.5 Å². The third kappa shape index (κ3) is 4.52. The molecule has 5 rings (SSSR count). The van der Waals surface area contributed by atoms with Crippen molar-refractivity contribution in [3.8, 4) is 11.8 Å². The molecule has 3 heterocycles. The maximum atomic E-state index is 12.3. The molecule has 0 saturated heterocycles. The Kier molecular flexibility index (Phi) is 6.27. The molecule has 0 unspecified atom stereocenters. The fraction of sp³-hybridized carbons (Fsp3) is 0.174. The smallest absolute Gasteiger partial charge is 0.412 e. The van der Waals surface area contributed by atoms with Gasteiger partial charge in [0.1, 0.15) is 22.0 Å². The molecule has 1 aliphatic carbocycles. The zero-order chi connectivity index (χ0) is 23.9. The van der Waals surface area contributed by atoms with Gasteiger partial charge in [-0.2, -0.15) is 4.37 Å². The standard InChI is InChI=1S/C23H14Cl2N2O4S3/c24-14-4-2-1-3-12(14)11-31-22(30)26-19-15(27-34-20(19)25)6-5-13-9-16-17(32-13)10-18(33-16)23(7-8-23)21(28)29/h1-4,9-10H,7-8,11H2,(H,26,30)(H,28,29). The van der Waals surface area contributed by atoms with Gasteiger partial charge in [-0.15, -0.1) is 22.7 Å². The second-order valence-electron chi connectivity index (χ2n) is 7.56. The Balaban J connectivity index is 1.29. The van der Waals surface area contributed by atoms with Crippen molar-refractivity contribution < 1.29 is 19.4 Å². The number of benzene rings is 1. The number of thiophene rings is 2. The van der Waals surface area contributed by atoms with Crippen LogP contribution in [0.2, 0.25) is 9.36 Å². The highest BCUT2D eigenvalue weighted by Crippen LogP contribution is 2.52. The summed E-state index contributed by atoms with van der Waals surface area (Å²) in [6.07, 6.45) is 0.676. The Bertz CT molecular complexity index is 1460. The first kappa shape index (κ1) is 23.1. The summed E-state index contributed by atoms with van der Waals surface area (Å²) in [5, 5.41) is 12.6. The Hall–Kier alpha value is -2.61. The predicted molar refractivity (Wildman–Crippen MR) is 137 cm³/mol. The molecule has 1 amide bonds. The Morgan fingerprint density at radius 2 is 1.91 bits per heavy atom. The number of carbonyl (C=O) groups is 2. The molecule has 0 atom stereocenters. The zero-order valence-corrected chi connectivity index (χ0v) is 21.1. The molecule has 2 N–H and O–H groups in total. The summed E-state index contributed by atoms with van der Waals surface area (Å²) in [6, 6.07) is 11.0. The van der Waals surface area contributed by atoms with Gasteiger partial charge in [0.05, 0.1) is 4.88 Å². The SMILES string of the molecule is O=C(Nc1c(C#Cc2cc3sc(C4(C(=O)O)CC4)cc3s2)nsc1Cl)OCc1ccccc1Cl. The lowest BCUT2D eigenvalue weighted by Crippen LogP contribution is -2.17. The predicted octanol–water partition coefficient (Wildman–Crippen LogP) is 6.99. The van der Waals surface area contributed by atoms with Crippen molar-refractivity contribution in [2.24, 2.45) is 0 Å². The number of rotatable bonds is 5. The fourth-order valence-corrected chi connectivity index (χ4v) is 6.77. The molecule has 4 aromatic rings. The quantitative estimate of drug-likeness (QED) is 0.262. The molecule has 6 nitrogen and oxygen atoms in total. The molecule has 1 saturated carbocycles. The number of carboxylic acids is 1. The minimum Gasteiger partial charge on any atom is -0.481 e. The van der Waals surface area contributed by atoms with E-state index in [1.54, 1.807) is 18.2 Å². The van der Waals surface area contributed by atoms with Crippen LogP contribution in [0.3, 0.4) is 0 Å². The van der Waals surface area contributed by atoms with Crippen molar-refractivity contribution in [3.05, 3.63) is 66.8 Å². The van der Waals surface area contributed by atoms with E-state index >= 15 is 0 Å². The summed E-state index contributed by atoms with van der Waals surface area (Å²) in [4.78, 5) is 25.6. The molecular weight excluding hydrogens is 535 g/mol. The lowest BCUT2D eigenvalue weighted by Gasteiger charge is -2.07. The molecule has 1 fully saturated rings. The monoisotopic (exact) mass is 548 g/mol. The normalized spacial score (nSPS) is 13.8. The largest absolute Gasteiger partial charge is 0.481 e. The van der Waals surface area contributed by atoms with Crippen molar-refractivity contribution in [2.45, 2.75) is 24.9 Å². The molecule has 0 bridgehead atoms. The summed E-state index contributed by atoms with van der Waals surface area (Å²) >= 11 is 16.3. The van der Waals surface area contributed by atoms with Gasteiger partial charge < -0.3 is 9.84 Å². The van der Waals surface area contributed by atoms with Crippen molar-refractivity contribution in [3.63, 3.8) is 0 Å². The molecule has 0 spiro atoms. The van der Waals surface area contributed by atoms with Crippen molar-refractivity contribution in [2.75, 3.05) is 5.32 Å². The number of hydrogen-bond donors (Lipinski definition) is 2. The number of nitrogens with one attached hydrogen (secondary N) is 1. The minimum atomic E-state index is -0.757. The molecule has 1 aliphatic rings. The molecule has 0 aliphatic heterocycles. The van der Waals surface area contributed by atoms with Crippen molar-refractivity contribution in [1.82, 2.24) is 4.37 Å². The molecule has 172 valence electrons. The van der Waals surface area contributed by atoms with E-state index in [-0.39, 0.29) is 6.61 Å². The Morgan fingerprint density at radius 3 is 2.62 bits per heavy atom. The third-order valence-corrected chi connectivity index (χ3v) is 9.15. The number of hydrogen-bond acceptors (Lipinski definition) is 7. The number of ether oxygens (including phenoxy) is 1. The topological polar surface area (TPSA) is 88.5 Å². The number of halogens is 2. The molecule has 3 aromatic heterocycles. The first-order chi connectivity index (χ1) is 16.4. The van der Waals surface area contributed by atoms with E-state index in [4.69, 9.17) is 27.9 Å². The summed E-state index contributed by atoms with van der Waals surface area (Å²) in [5.41, 5.74) is 0.616. The van der Waals surface area contributed by atoms with E-state index in [1.165, 1.54) is 22.7 Å². The summed E-state index contributed by atoms with van der Waals surface area (Å²) < 4.78 is 11.8. The van der Waals surface area contributed by atoms with Crippen LogP contribution >= 0.6 is 57.4 Å². The van der Waals surface area contributed by atoms with Gasteiger partial charge in [0.2, 0.25) is 0 Å².